The van der Waals surface area contributed by atoms with Gasteiger partial charge in [-0.25, -0.2) is 0 Å². The fourth-order valence-electron chi connectivity index (χ4n) is 2.80. The van der Waals surface area contributed by atoms with Crippen LogP contribution in [-0.2, 0) is 11.2 Å². The van der Waals surface area contributed by atoms with E-state index in [2.05, 4.69) is 4.98 Å². The Bertz CT molecular complexity index is 622. The van der Waals surface area contributed by atoms with Gasteiger partial charge >= 0.3 is 0 Å². The summed E-state index contributed by atoms with van der Waals surface area (Å²) >= 11 is 0. The van der Waals surface area contributed by atoms with E-state index in [9.17, 15) is 9.90 Å². The van der Waals surface area contributed by atoms with Crippen LogP contribution in [0.2, 0.25) is 0 Å². The maximum atomic E-state index is 12.2. The van der Waals surface area contributed by atoms with Gasteiger partial charge in [-0.05, 0) is 24.5 Å². The zero-order valence-electron chi connectivity index (χ0n) is 11.2. The summed E-state index contributed by atoms with van der Waals surface area (Å²) in [6, 6.07) is 7.42. The van der Waals surface area contributed by atoms with E-state index in [0.29, 0.717) is 25.9 Å². The van der Waals surface area contributed by atoms with Crippen LogP contribution in [0.3, 0.4) is 0 Å². The van der Waals surface area contributed by atoms with E-state index in [4.69, 9.17) is 5.73 Å². The molecule has 1 aliphatic rings. The summed E-state index contributed by atoms with van der Waals surface area (Å²) in [5, 5.41) is 10.6. The van der Waals surface area contributed by atoms with Gasteiger partial charge in [0, 0.05) is 30.2 Å². The van der Waals surface area contributed by atoms with Crippen LogP contribution in [0.25, 0.3) is 10.9 Å². The van der Waals surface area contributed by atoms with Crippen LogP contribution < -0.4 is 5.73 Å². The zero-order valence-corrected chi connectivity index (χ0v) is 11.2. The summed E-state index contributed by atoms with van der Waals surface area (Å²) in [4.78, 5) is 17.1. The average molecular weight is 273 g/mol. The van der Waals surface area contributed by atoms with E-state index in [-0.39, 0.29) is 5.91 Å². The summed E-state index contributed by atoms with van der Waals surface area (Å²) < 4.78 is 0. The van der Waals surface area contributed by atoms with Crippen molar-refractivity contribution in [3.05, 3.63) is 36.0 Å². The first-order valence-electron chi connectivity index (χ1n) is 6.92. The lowest BCUT2D eigenvalue weighted by atomic mass is 10.0. The van der Waals surface area contributed by atoms with Gasteiger partial charge in [0.25, 0.3) is 0 Å². The second-order valence-corrected chi connectivity index (χ2v) is 5.40. The van der Waals surface area contributed by atoms with Gasteiger partial charge in [0.1, 0.15) is 0 Å². The van der Waals surface area contributed by atoms with E-state index in [1.807, 2.05) is 30.5 Å². The van der Waals surface area contributed by atoms with Crippen LogP contribution in [0.5, 0.6) is 0 Å². The topological polar surface area (TPSA) is 82.4 Å². The first kappa shape index (κ1) is 13.1. The maximum Gasteiger partial charge on any atom is 0.239 e. The Morgan fingerprint density at radius 3 is 3.05 bits per heavy atom. The number of hydrogen-bond acceptors (Lipinski definition) is 3. The second kappa shape index (κ2) is 5.26. The number of carbonyl (C=O) groups excluding carboxylic acids is 1. The Morgan fingerprint density at radius 1 is 1.50 bits per heavy atom. The molecule has 1 saturated heterocycles. The van der Waals surface area contributed by atoms with Crippen molar-refractivity contribution in [1.29, 1.82) is 0 Å². The molecule has 3 rings (SSSR count). The number of aliphatic hydroxyl groups is 1. The molecule has 106 valence electrons. The van der Waals surface area contributed by atoms with Crippen molar-refractivity contribution in [3.63, 3.8) is 0 Å². The number of nitrogens with zero attached hydrogens (tertiary/aromatic N) is 1. The molecule has 1 aliphatic heterocycles. The standard InChI is InChI=1S/C15H19N3O2/c16-13(15(20)18-6-5-11(19)9-18)7-10-8-17-14-4-2-1-3-12(10)14/h1-4,8,11,13,17,19H,5-7,9,16H2/t11-,13+/m0/s1. The molecule has 0 bridgehead atoms. The number of rotatable bonds is 3. The molecule has 1 aromatic heterocycles. The number of benzene rings is 1. The summed E-state index contributed by atoms with van der Waals surface area (Å²) in [6.07, 6.45) is 2.66. The number of amides is 1. The van der Waals surface area contributed by atoms with Crippen LogP contribution in [0.1, 0.15) is 12.0 Å². The van der Waals surface area contributed by atoms with E-state index >= 15 is 0 Å². The molecule has 4 N–H and O–H groups in total. The van der Waals surface area contributed by atoms with Crippen molar-refractivity contribution in [2.24, 2.45) is 5.73 Å². The highest BCUT2D eigenvalue weighted by atomic mass is 16.3. The van der Waals surface area contributed by atoms with Gasteiger partial charge in [-0.15, -0.1) is 0 Å². The molecule has 1 aromatic carbocycles. The van der Waals surface area contributed by atoms with Crippen LogP contribution in [0, 0.1) is 0 Å². The minimum atomic E-state index is -0.556. The normalized spacial score (nSPS) is 20.5. The Hall–Kier alpha value is -1.85. The van der Waals surface area contributed by atoms with Gasteiger partial charge < -0.3 is 20.7 Å². The molecule has 20 heavy (non-hydrogen) atoms. The number of aliphatic hydroxyl groups excluding tert-OH is 1. The van der Waals surface area contributed by atoms with Gasteiger partial charge in [0.2, 0.25) is 5.91 Å². The number of nitrogens with one attached hydrogen (secondary N) is 1. The smallest absolute Gasteiger partial charge is 0.239 e. The number of hydrogen-bond donors (Lipinski definition) is 3. The molecule has 2 aromatic rings. The highest BCUT2D eigenvalue weighted by Gasteiger charge is 2.28. The molecule has 5 heteroatoms. The first-order valence-corrected chi connectivity index (χ1v) is 6.92. The summed E-state index contributed by atoms with van der Waals surface area (Å²) in [5.74, 6) is -0.0770. The molecule has 2 heterocycles. The number of fused-ring (bicyclic) bond motifs is 1. The number of likely N-dealkylation sites (tertiary alicyclic amines) is 1. The fraction of sp³-hybridized carbons (Fsp3) is 0.400. The maximum absolute atomic E-state index is 12.2. The summed E-state index contributed by atoms with van der Waals surface area (Å²) in [5.41, 5.74) is 8.15. The molecule has 0 saturated carbocycles. The second-order valence-electron chi connectivity index (χ2n) is 5.40. The number of β-amino-alcohol motifs (C(OH)–C–C–N with tert-alkyl or cyclic N) is 1. The van der Waals surface area contributed by atoms with Crippen LogP contribution in [-0.4, -0.2) is 46.1 Å². The zero-order chi connectivity index (χ0) is 14.1. The molecule has 1 amide bonds. The van der Waals surface area contributed by atoms with Gasteiger partial charge in [0.15, 0.2) is 0 Å². The third kappa shape index (κ3) is 2.42. The molecule has 0 spiro atoms. The Labute approximate surface area is 117 Å². The van der Waals surface area contributed by atoms with Crippen molar-refractivity contribution in [1.82, 2.24) is 9.88 Å². The molecule has 5 nitrogen and oxygen atoms in total. The largest absolute Gasteiger partial charge is 0.391 e. The number of carbonyl (C=O) groups is 1. The summed E-state index contributed by atoms with van der Waals surface area (Å²) in [6.45, 7) is 1.00. The number of nitrogens with two attached hydrogens (primary N) is 1. The molecule has 0 radical (unpaired) electrons. The van der Waals surface area contributed by atoms with Crippen molar-refractivity contribution in [3.8, 4) is 0 Å². The predicted molar refractivity (Wildman–Crippen MR) is 77.2 cm³/mol. The molecular formula is C15H19N3O2. The lowest BCUT2D eigenvalue weighted by molar-refractivity contribution is -0.131. The van der Waals surface area contributed by atoms with Crippen molar-refractivity contribution in [2.45, 2.75) is 25.0 Å². The van der Waals surface area contributed by atoms with Crippen molar-refractivity contribution < 1.29 is 9.90 Å². The van der Waals surface area contributed by atoms with Crippen molar-refractivity contribution >= 4 is 16.8 Å². The van der Waals surface area contributed by atoms with E-state index in [1.54, 1.807) is 4.90 Å². The van der Waals surface area contributed by atoms with Crippen LogP contribution in [0.4, 0.5) is 0 Å². The van der Waals surface area contributed by atoms with Gasteiger partial charge in [0.05, 0.1) is 12.1 Å². The molecular weight excluding hydrogens is 254 g/mol. The minimum absolute atomic E-state index is 0.0770. The van der Waals surface area contributed by atoms with E-state index in [0.717, 1.165) is 16.5 Å². The molecule has 2 atom stereocenters. The molecule has 0 unspecified atom stereocenters. The number of aromatic amines is 1. The van der Waals surface area contributed by atoms with Crippen LogP contribution >= 0.6 is 0 Å². The predicted octanol–water partition coefficient (Wildman–Crippen LogP) is 0.631. The molecule has 0 aliphatic carbocycles. The van der Waals surface area contributed by atoms with E-state index < -0.39 is 12.1 Å². The lowest BCUT2D eigenvalue weighted by Crippen LogP contribution is -2.44. The number of aromatic nitrogens is 1. The molecule has 1 fully saturated rings. The number of H-pyrrole nitrogens is 1. The minimum Gasteiger partial charge on any atom is -0.391 e. The quantitative estimate of drug-likeness (QED) is 0.767. The van der Waals surface area contributed by atoms with Gasteiger partial charge in [-0.3, -0.25) is 4.79 Å². The fourth-order valence-corrected chi connectivity index (χ4v) is 2.80. The van der Waals surface area contributed by atoms with Crippen molar-refractivity contribution in [2.75, 3.05) is 13.1 Å². The summed E-state index contributed by atoms with van der Waals surface area (Å²) in [7, 11) is 0. The van der Waals surface area contributed by atoms with Gasteiger partial charge in [-0.2, -0.15) is 0 Å². The Morgan fingerprint density at radius 2 is 2.30 bits per heavy atom. The van der Waals surface area contributed by atoms with E-state index in [1.165, 1.54) is 0 Å². The SMILES string of the molecule is N[C@H](Cc1c[nH]c2ccccc12)C(=O)N1CC[C@H](O)C1. The number of para-hydroxylation sites is 1. The Kier molecular flexibility index (Phi) is 3.46. The Balaban J connectivity index is 1.72. The average Bonchev–Trinajstić information content (AvgIpc) is 3.05. The monoisotopic (exact) mass is 273 g/mol. The lowest BCUT2D eigenvalue weighted by Gasteiger charge is -2.20. The third-order valence-corrected chi connectivity index (χ3v) is 3.91. The highest BCUT2D eigenvalue weighted by Crippen LogP contribution is 2.19. The first-order chi connectivity index (χ1) is 9.65. The van der Waals surface area contributed by atoms with Gasteiger partial charge in [-0.1, -0.05) is 18.2 Å². The highest BCUT2D eigenvalue weighted by molar-refractivity contribution is 5.86. The third-order valence-electron chi connectivity index (χ3n) is 3.91. The van der Waals surface area contributed by atoms with Crippen LogP contribution in [0.15, 0.2) is 30.5 Å².